The van der Waals surface area contributed by atoms with Crippen molar-refractivity contribution in [3.63, 3.8) is 0 Å². The van der Waals surface area contributed by atoms with E-state index in [0.717, 1.165) is 25.1 Å². The van der Waals surface area contributed by atoms with Crippen LogP contribution in [0.5, 0.6) is 5.75 Å². The van der Waals surface area contributed by atoms with Crippen LogP contribution in [0.25, 0.3) is 22.6 Å². The summed E-state index contributed by atoms with van der Waals surface area (Å²) in [5, 5.41) is 28.6. The number of nitrogens with one attached hydrogen (secondary N) is 2. The van der Waals surface area contributed by atoms with Crippen LogP contribution in [0.3, 0.4) is 0 Å². The zero-order valence-corrected chi connectivity index (χ0v) is 23.1. The van der Waals surface area contributed by atoms with Crippen LogP contribution in [0.2, 0.25) is 0 Å². The van der Waals surface area contributed by atoms with E-state index in [1.54, 1.807) is 27.3 Å². The van der Waals surface area contributed by atoms with E-state index < -0.39 is 0 Å². The summed E-state index contributed by atoms with van der Waals surface area (Å²) < 4.78 is 14.0. The number of methoxy groups -OCH3 is 1. The van der Waals surface area contributed by atoms with E-state index in [0.29, 0.717) is 63.6 Å². The van der Waals surface area contributed by atoms with Gasteiger partial charge in [0.25, 0.3) is 0 Å². The van der Waals surface area contributed by atoms with Crippen LogP contribution in [-0.4, -0.2) is 58.4 Å². The highest BCUT2D eigenvalue weighted by Crippen LogP contribution is 2.39. The van der Waals surface area contributed by atoms with Gasteiger partial charge in [-0.05, 0) is 50.5 Å². The lowest BCUT2D eigenvalue weighted by molar-refractivity contribution is -0.0308. The van der Waals surface area contributed by atoms with Crippen molar-refractivity contribution in [2.75, 3.05) is 24.4 Å². The molecule has 1 aliphatic heterocycles. The summed E-state index contributed by atoms with van der Waals surface area (Å²) in [4.78, 5) is 19.9. The zero-order chi connectivity index (χ0) is 28.5. The molecule has 5 heterocycles. The molecule has 0 aliphatic carbocycles. The standard InChI is InChI=1S/C27H28N12O2/c1-15-20(13-28)32-22(14-29-15)33-21-12-19(24-27(34-21)39(16(2)30-24)23-10-5-6-11-41-23)31-18-9-7-8-17(25(18)40-4)26-35-37-38(3)36-26/h7-9,12,14,23H,5-6,10-11H2,1-4H3,(H2,31,32,33,34). The molecule has 1 fully saturated rings. The van der Waals surface area contributed by atoms with Gasteiger partial charge in [-0.1, -0.05) is 6.07 Å². The molecule has 1 saturated heterocycles. The number of hydrogen-bond donors (Lipinski definition) is 2. The van der Waals surface area contributed by atoms with E-state index in [1.807, 2.05) is 35.8 Å². The summed E-state index contributed by atoms with van der Waals surface area (Å²) in [5.41, 5.74) is 4.15. The number of tetrazole rings is 1. The second-order valence-corrected chi connectivity index (χ2v) is 9.62. The molecule has 1 aromatic carbocycles. The first kappa shape index (κ1) is 26.1. The number of hydrogen-bond acceptors (Lipinski definition) is 12. The summed E-state index contributed by atoms with van der Waals surface area (Å²) in [5.74, 6) is 2.66. The Morgan fingerprint density at radius 1 is 1.10 bits per heavy atom. The van der Waals surface area contributed by atoms with Gasteiger partial charge in [0.1, 0.15) is 29.5 Å². The largest absolute Gasteiger partial charge is 0.494 e. The van der Waals surface area contributed by atoms with E-state index in [-0.39, 0.29) is 11.9 Å². The number of aryl methyl sites for hydroxylation is 3. The second-order valence-electron chi connectivity index (χ2n) is 9.62. The molecule has 0 spiro atoms. The number of benzene rings is 1. The van der Waals surface area contributed by atoms with Crippen LogP contribution in [0.15, 0.2) is 30.5 Å². The number of fused-ring (bicyclic) bond motifs is 1. The first-order chi connectivity index (χ1) is 19.9. The van der Waals surface area contributed by atoms with Crippen molar-refractivity contribution in [2.45, 2.75) is 39.3 Å². The Labute approximate surface area is 235 Å². The number of para-hydroxylation sites is 1. The maximum atomic E-state index is 9.44. The van der Waals surface area contributed by atoms with Crippen LogP contribution < -0.4 is 15.4 Å². The molecule has 0 bridgehead atoms. The molecule has 5 aromatic rings. The highest BCUT2D eigenvalue weighted by molar-refractivity contribution is 5.92. The number of imidazole rings is 1. The molecule has 1 aliphatic rings. The van der Waals surface area contributed by atoms with Crippen molar-refractivity contribution in [1.82, 2.24) is 44.7 Å². The third-order valence-corrected chi connectivity index (χ3v) is 6.82. The third-order valence-electron chi connectivity index (χ3n) is 6.82. The molecule has 1 atom stereocenters. The molecule has 1 unspecified atom stereocenters. The first-order valence-electron chi connectivity index (χ1n) is 13.2. The van der Waals surface area contributed by atoms with Gasteiger partial charge in [-0.25, -0.2) is 15.0 Å². The van der Waals surface area contributed by atoms with E-state index in [2.05, 4.69) is 42.1 Å². The fraction of sp³-hybridized carbons (Fsp3) is 0.333. The number of pyridine rings is 1. The SMILES string of the molecule is COc1c(Nc2cc(Nc3cnc(C)c(C#N)n3)nc3c2nc(C)n3C2CCCCO2)cccc1-c1nnn(C)n1. The fourth-order valence-corrected chi connectivity index (χ4v) is 4.92. The second kappa shape index (κ2) is 10.8. The van der Waals surface area contributed by atoms with Crippen LogP contribution in [-0.2, 0) is 11.8 Å². The summed E-state index contributed by atoms with van der Waals surface area (Å²) >= 11 is 0. The van der Waals surface area contributed by atoms with Gasteiger partial charge in [0.15, 0.2) is 22.9 Å². The number of nitrogens with zero attached hydrogens (tertiary/aromatic N) is 10. The molecule has 4 aromatic heterocycles. The highest BCUT2D eigenvalue weighted by atomic mass is 16.5. The van der Waals surface area contributed by atoms with Gasteiger partial charge in [-0.2, -0.15) is 10.1 Å². The monoisotopic (exact) mass is 552 g/mol. The topological polar surface area (TPSA) is 166 Å². The average molecular weight is 553 g/mol. The van der Waals surface area contributed by atoms with E-state index in [9.17, 15) is 5.26 Å². The molecule has 0 saturated carbocycles. The van der Waals surface area contributed by atoms with Gasteiger partial charge < -0.3 is 20.1 Å². The number of aromatic nitrogens is 9. The summed E-state index contributed by atoms with van der Waals surface area (Å²) in [6.45, 7) is 4.37. The van der Waals surface area contributed by atoms with Crippen molar-refractivity contribution in [2.24, 2.45) is 7.05 Å². The molecular weight excluding hydrogens is 524 g/mol. The van der Waals surface area contributed by atoms with Crippen molar-refractivity contribution in [3.8, 4) is 23.2 Å². The van der Waals surface area contributed by atoms with Crippen molar-refractivity contribution >= 4 is 34.2 Å². The van der Waals surface area contributed by atoms with E-state index in [1.165, 1.54) is 4.80 Å². The molecule has 6 rings (SSSR count). The molecule has 0 amide bonds. The molecular formula is C27H28N12O2. The lowest BCUT2D eigenvalue weighted by atomic mass is 10.1. The summed E-state index contributed by atoms with van der Waals surface area (Å²) in [7, 11) is 3.30. The predicted molar refractivity (Wildman–Crippen MR) is 150 cm³/mol. The van der Waals surface area contributed by atoms with Crippen molar-refractivity contribution in [3.05, 3.63) is 47.7 Å². The van der Waals surface area contributed by atoms with Crippen molar-refractivity contribution in [1.29, 1.82) is 5.26 Å². The Balaban J connectivity index is 1.48. The van der Waals surface area contributed by atoms with Crippen LogP contribution in [0, 0.1) is 25.2 Å². The Kier molecular flexibility index (Phi) is 6.86. The quantitative estimate of drug-likeness (QED) is 0.297. The highest BCUT2D eigenvalue weighted by Gasteiger charge is 2.24. The molecule has 2 N–H and O–H groups in total. The number of rotatable bonds is 7. The summed E-state index contributed by atoms with van der Waals surface area (Å²) in [6.07, 6.45) is 4.35. The maximum absolute atomic E-state index is 9.44. The number of nitriles is 1. The number of anilines is 4. The predicted octanol–water partition coefficient (Wildman–Crippen LogP) is 4.10. The minimum atomic E-state index is -0.172. The minimum Gasteiger partial charge on any atom is -0.494 e. The summed E-state index contributed by atoms with van der Waals surface area (Å²) in [6, 6.07) is 9.57. The van der Waals surface area contributed by atoms with E-state index in [4.69, 9.17) is 19.4 Å². The van der Waals surface area contributed by atoms with Crippen LogP contribution in [0.4, 0.5) is 23.0 Å². The molecule has 208 valence electrons. The smallest absolute Gasteiger partial charge is 0.208 e. The Hall–Kier alpha value is -5.16. The van der Waals surface area contributed by atoms with Gasteiger partial charge in [-0.15, -0.1) is 10.2 Å². The molecule has 14 nitrogen and oxygen atoms in total. The average Bonchev–Trinajstić information content (AvgIpc) is 3.56. The van der Waals surface area contributed by atoms with Gasteiger partial charge in [0.05, 0.1) is 43.0 Å². The van der Waals surface area contributed by atoms with Crippen LogP contribution in [0.1, 0.15) is 42.7 Å². The number of ether oxygens (including phenoxy) is 2. The first-order valence-corrected chi connectivity index (χ1v) is 13.2. The van der Waals surface area contributed by atoms with E-state index >= 15 is 0 Å². The van der Waals surface area contributed by atoms with Gasteiger partial charge in [0.2, 0.25) is 5.82 Å². The van der Waals surface area contributed by atoms with Crippen LogP contribution >= 0.6 is 0 Å². The third kappa shape index (κ3) is 4.98. The Morgan fingerprint density at radius 3 is 2.71 bits per heavy atom. The fourth-order valence-electron chi connectivity index (χ4n) is 4.92. The van der Waals surface area contributed by atoms with Gasteiger partial charge in [-0.3, -0.25) is 9.55 Å². The normalized spacial score (nSPS) is 15.0. The van der Waals surface area contributed by atoms with Crippen molar-refractivity contribution < 1.29 is 9.47 Å². The Bertz CT molecular complexity index is 1780. The lowest BCUT2D eigenvalue weighted by Gasteiger charge is -2.25. The maximum Gasteiger partial charge on any atom is 0.208 e. The zero-order valence-electron chi connectivity index (χ0n) is 23.1. The van der Waals surface area contributed by atoms with Gasteiger partial charge in [0, 0.05) is 12.7 Å². The minimum absolute atomic E-state index is 0.172. The molecule has 41 heavy (non-hydrogen) atoms. The molecule has 0 radical (unpaired) electrons. The van der Waals surface area contributed by atoms with Gasteiger partial charge >= 0.3 is 0 Å². The molecule has 14 heteroatoms. The Morgan fingerprint density at radius 2 is 1.98 bits per heavy atom. The lowest BCUT2D eigenvalue weighted by Crippen LogP contribution is -2.19.